The molecule has 1 aliphatic rings. The van der Waals surface area contributed by atoms with Crippen molar-refractivity contribution in [2.45, 2.75) is 13.0 Å². The van der Waals surface area contributed by atoms with Crippen LogP contribution < -0.4 is 5.32 Å². The lowest BCUT2D eigenvalue weighted by atomic mass is 9.92. The third-order valence-electron chi connectivity index (χ3n) is 3.75. The first-order valence-corrected chi connectivity index (χ1v) is 6.97. The van der Waals surface area contributed by atoms with Gasteiger partial charge in [-0.25, -0.2) is 0 Å². The third kappa shape index (κ3) is 2.55. The van der Waals surface area contributed by atoms with E-state index in [4.69, 9.17) is 4.74 Å². The van der Waals surface area contributed by atoms with Crippen LogP contribution in [0.25, 0.3) is 11.1 Å². The molecule has 1 aliphatic heterocycles. The minimum Gasteiger partial charge on any atom is -0.508 e. The van der Waals surface area contributed by atoms with Gasteiger partial charge in [0.05, 0.1) is 12.7 Å². The number of benzene rings is 2. The highest BCUT2D eigenvalue weighted by Crippen LogP contribution is 2.34. The number of hydrogen-bond donors (Lipinski definition) is 2. The van der Waals surface area contributed by atoms with Crippen LogP contribution in [0.2, 0.25) is 0 Å². The standard InChI is InChI=1S/C17H19NO2/c1-12-4-2-3-5-14(12)16-10-13(19)6-7-15(16)17-11-18-8-9-20-17/h2-7,10,17-19H,8-9,11H2,1H3. The Morgan fingerprint density at radius 1 is 1.15 bits per heavy atom. The van der Waals surface area contributed by atoms with E-state index in [0.717, 1.165) is 36.4 Å². The molecule has 0 amide bonds. The Kier molecular flexibility index (Phi) is 3.72. The Morgan fingerprint density at radius 2 is 2.00 bits per heavy atom. The first-order chi connectivity index (χ1) is 9.75. The summed E-state index contributed by atoms with van der Waals surface area (Å²) in [5.41, 5.74) is 4.52. The number of nitrogens with one attached hydrogen (secondary N) is 1. The lowest BCUT2D eigenvalue weighted by Gasteiger charge is -2.26. The van der Waals surface area contributed by atoms with E-state index in [9.17, 15) is 5.11 Å². The molecule has 1 saturated heterocycles. The summed E-state index contributed by atoms with van der Waals surface area (Å²) < 4.78 is 5.86. The van der Waals surface area contributed by atoms with E-state index < -0.39 is 0 Å². The molecule has 3 heteroatoms. The summed E-state index contributed by atoms with van der Waals surface area (Å²) in [6.45, 7) is 4.51. The summed E-state index contributed by atoms with van der Waals surface area (Å²) >= 11 is 0. The first kappa shape index (κ1) is 13.2. The first-order valence-electron chi connectivity index (χ1n) is 6.97. The molecular weight excluding hydrogens is 250 g/mol. The van der Waals surface area contributed by atoms with Crippen molar-refractivity contribution in [1.29, 1.82) is 0 Å². The van der Waals surface area contributed by atoms with Gasteiger partial charge in [0.15, 0.2) is 0 Å². The molecule has 104 valence electrons. The number of hydrogen-bond acceptors (Lipinski definition) is 3. The predicted octanol–water partition coefficient (Wildman–Crippen LogP) is 3.03. The minimum absolute atomic E-state index is 0.0407. The van der Waals surface area contributed by atoms with Gasteiger partial charge >= 0.3 is 0 Å². The van der Waals surface area contributed by atoms with Crippen LogP contribution in [-0.4, -0.2) is 24.8 Å². The predicted molar refractivity (Wildman–Crippen MR) is 79.8 cm³/mol. The number of phenols is 1. The molecule has 20 heavy (non-hydrogen) atoms. The molecule has 0 saturated carbocycles. The van der Waals surface area contributed by atoms with Crippen molar-refractivity contribution < 1.29 is 9.84 Å². The normalized spacial score (nSPS) is 18.9. The van der Waals surface area contributed by atoms with E-state index in [0.29, 0.717) is 0 Å². The average Bonchev–Trinajstić information content (AvgIpc) is 2.48. The van der Waals surface area contributed by atoms with Crippen LogP contribution in [0.4, 0.5) is 0 Å². The molecule has 1 atom stereocenters. The summed E-state index contributed by atoms with van der Waals surface area (Å²) in [4.78, 5) is 0. The van der Waals surface area contributed by atoms with Crippen molar-refractivity contribution in [2.75, 3.05) is 19.7 Å². The Bertz CT molecular complexity index is 604. The number of phenolic OH excluding ortho intramolecular Hbond substituents is 1. The molecule has 0 aromatic heterocycles. The Balaban J connectivity index is 2.09. The fourth-order valence-electron chi connectivity index (χ4n) is 2.70. The van der Waals surface area contributed by atoms with Crippen LogP contribution in [0, 0.1) is 6.92 Å². The van der Waals surface area contributed by atoms with Gasteiger partial charge in [-0.2, -0.15) is 0 Å². The third-order valence-corrected chi connectivity index (χ3v) is 3.75. The number of ether oxygens (including phenoxy) is 1. The van der Waals surface area contributed by atoms with Gasteiger partial charge in [0, 0.05) is 13.1 Å². The molecule has 2 aromatic rings. The zero-order chi connectivity index (χ0) is 13.9. The largest absolute Gasteiger partial charge is 0.508 e. The van der Waals surface area contributed by atoms with Crippen LogP contribution in [-0.2, 0) is 4.74 Å². The maximum atomic E-state index is 9.83. The van der Waals surface area contributed by atoms with E-state index in [1.54, 1.807) is 6.07 Å². The number of aromatic hydroxyl groups is 1. The van der Waals surface area contributed by atoms with E-state index in [2.05, 4.69) is 24.4 Å². The molecule has 0 bridgehead atoms. The second-order valence-corrected chi connectivity index (χ2v) is 5.15. The van der Waals surface area contributed by atoms with Crippen LogP contribution in [0.1, 0.15) is 17.2 Å². The van der Waals surface area contributed by atoms with Gasteiger partial charge in [0.25, 0.3) is 0 Å². The van der Waals surface area contributed by atoms with Gasteiger partial charge in [-0.15, -0.1) is 0 Å². The summed E-state index contributed by atoms with van der Waals surface area (Å²) in [6.07, 6.45) is 0.0407. The Labute approximate surface area is 119 Å². The fraction of sp³-hybridized carbons (Fsp3) is 0.294. The molecule has 0 spiro atoms. The summed E-state index contributed by atoms with van der Waals surface area (Å²) in [5, 5.41) is 13.2. The molecule has 3 rings (SSSR count). The minimum atomic E-state index is 0.0407. The monoisotopic (exact) mass is 269 g/mol. The Morgan fingerprint density at radius 3 is 2.75 bits per heavy atom. The van der Waals surface area contributed by atoms with Gasteiger partial charge in [-0.1, -0.05) is 30.3 Å². The maximum Gasteiger partial charge on any atom is 0.116 e. The summed E-state index contributed by atoms with van der Waals surface area (Å²) in [6, 6.07) is 13.8. The van der Waals surface area contributed by atoms with Crippen molar-refractivity contribution in [2.24, 2.45) is 0 Å². The molecule has 0 aliphatic carbocycles. The zero-order valence-electron chi connectivity index (χ0n) is 11.6. The highest BCUT2D eigenvalue weighted by Gasteiger charge is 2.20. The molecule has 0 radical (unpaired) electrons. The molecule has 3 nitrogen and oxygen atoms in total. The van der Waals surface area contributed by atoms with E-state index in [1.807, 2.05) is 24.3 Å². The van der Waals surface area contributed by atoms with Gasteiger partial charge < -0.3 is 15.2 Å². The van der Waals surface area contributed by atoms with Crippen molar-refractivity contribution in [3.05, 3.63) is 53.6 Å². The van der Waals surface area contributed by atoms with Crippen LogP contribution in [0.5, 0.6) is 5.75 Å². The van der Waals surface area contributed by atoms with Gasteiger partial charge in [-0.3, -0.25) is 0 Å². The molecule has 1 heterocycles. The van der Waals surface area contributed by atoms with Crippen molar-refractivity contribution in [3.8, 4) is 16.9 Å². The summed E-state index contributed by atoms with van der Waals surface area (Å²) in [5.74, 6) is 0.288. The van der Waals surface area contributed by atoms with Crippen LogP contribution in [0.15, 0.2) is 42.5 Å². The Hall–Kier alpha value is -1.84. The molecule has 2 N–H and O–H groups in total. The molecule has 1 unspecified atom stereocenters. The number of morpholine rings is 1. The maximum absolute atomic E-state index is 9.83. The van der Waals surface area contributed by atoms with Gasteiger partial charge in [0.1, 0.15) is 5.75 Å². The van der Waals surface area contributed by atoms with E-state index in [-0.39, 0.29) is 11.9 Å². The molecule has 2 aromatic carbocycles. The van der Waals surface area contributed by atoms with E-state index in [1.165, 1.54) is 5.56 Å². The second-order valence-electron chi connectivity index (χ2n) is 5.15. The lowest BCUT2D eigenvalue weighted by molar-refractivity contribution is 0.0280. The van der Waals surface area contributed by atoms with E-state index >= 15 is 0 Å². The number of rotatable bonds is 2. The number of aryl methyl sites for hydroxylation is 1. The lowest BCUT2D eigenvalue weighted by Crippen LogP contribution is -2.33. The van der Waals surface area contributed by atoms with Crippen LogP contribution in [0.3, 0.4) is 0 Å². The second kappa shape index (κ2) is 5.65. The highest BCUT2D eigenvalue weighted by atomic mass is 16.5. The smallest absolute Gasteiger partial charge is 0.116 e. The van der Waals surface area contributed by atoms with Crippen LogP contribution >= 0.6 is 0 Å². The van der Waals surface area contributed by atoms with Crippen molar-refractivity contribution in [1.82, 2.24) is 5.32 Å². The topological polar surface area (TPSA) is 41.5 Å². The highest BCUT2D eigenvalue weighted by molar-refractivity contribution is 5.72. The van der Waals surface area contributed by atoms with Crippen molar-refractivity contribution in [3.63, 3.8) is 0 Å². The fourth-order valence-corrected chi connectivity index (χ4v) is 2.70. The van der Waals surface area contributed by atoms with Gasteiger partial charge in [-0.05, 0) is 41.3 Å². The van der Waals surface area contributed by atoms with Crippen molar-refractivity contribution >= 4 is 0 Å². The molecular formula is C17H19NO2. The van der Waals surface area contributed by atoms with Gasteiger partial charge in [0.2, 0.25) is 0 Å². The zero-order valence-corrected chi connectivity index (χ0v) is 11.6. The average molecular weight is 269 g/mol. The quantitative estimate of drug-likeness (QED) is 0.880. The summed E-state index contributed by atoms with van der Waals surface area (Å²) in [7, 11) is 0. The molecule has 1 fully saturated rings. The SMILES string of the molecule is Cc1ccccc1-c1cc(O)ccc1C1CNCCO1.